The Balaban J connectivity index is 2.20. The first-order valence-electron chi connectivity index (χ1n) is 6.35. The smallest absolute Gasteiger partial charge is 0.265 e. The lowest BCUT2D eigenvalue weighted by Crippen LogP contribution is -2.40. The Bertz CT molecular complexity index is 746. The summed E-state index contributed by atoms with van der Waals surface area (Å²) in [6, 6.07) is 6.95. The number of pyridine rings is 1. The van der Waals surface area contributed by atoms with Gasteiger partial charge in [0.15, 0.2) is 0 Å². The molecule has 2 heterocycles. The van der Waals surface area contributed by atoms with E-state index < -0.39 is 22.4 Å². The maximum absolute atomic E-state index is 14.3. The third kappa shape index (κ3) is 2.23. The highest BCUT2D eigenvalue weighted by Gasteiger charge is 2.44. The summed E-state index contributed by atoms with van der Waals surface area (Å²) in [5.41, 5.74) is 5.68. The Morgan fingerprint density at radius 1 is 1.23 bits per heavy atom. The molecule has 22 heavy (non-hydrogen) atoms. The van der Waals surface area contributed by atoms with Crippen LogP contribution < -0.4 is 11.1 Å². The number of amides is 1. The molecule has 0 spiro atoms. The lowest BCUT2D eigenvalue weighted by atomic mass is 9.97. The molecule has 0 bridgehead atoms. The van der Waals surface area contributed by atoms with Crippen LogP contribution in [0.5, 0.6) is 0 Å². The van der Waals surface area contributed by atoms with Crippen LogP contribution in [0.2, 0.25) is 0 Å². The number of carbonyl (C=O) groups excluding carboxylic acids is 1. The number of hydrogen-bond donors (Lipinski definition) is 2. The van der Waals surface area contributed by atoms with Gasteiger partial charge in [0.1, 0.15) is 22.2 Å². The van der Waals surface area contributed by atoms with Crippen LogP contribution >= 0.6 is 11.8 Å². The monoisotopic (exact) mass is 319 g/mol. The maximum Gasteiger partial charge on any atom is 0.265 e. The second kappa shape index (κ2) is 5.42. The van der Waals surface area contributed by atoms with Crippen molar-refractivity contribution in [2.45, 2.75) is 4.87 Å². The highest BCUT2D eigenvalue weighted by molar-refractivity contribution is 8.03. The summed E-state index contributed by atoms with van der Waals surface area (Å²) in [4.78, 5) is 14.1. The fraction of sp³-hybridized carbons (Fsp3) is 0.0667. The first kappa shape index (κ1) is 14.5. The van der Waals surface area contributed by atoms with Gasteiger partial charge >= 0.3 is 0 Å². The van der Waals surface area contributed by atoms with Crippen LogP contribution in [0.15, 0.2) is 53.8 Å². The van der Waals surface area contributed by atoms with Crippen LogP contribution in [0.1, 0.15) is 11.1 Å². The normalized spacial score (nSPS) is 20.4. The van der Waals surface area contributed by atoms with Crippen molar-refractivity contribution in [3.63, 3.8) is 0 Å². The number of nitrogens with one attached hydrogen (secondary N) is 1. The van der Waals surface area contributed by atoms with Gasteiger partial charge in [-0.1, -0.05) is 23.9 Å². The largest absolute Gasteiger partial charge is 0.364 e. The molecule has 0 saturated heterocycles. The van der Waals surface area contributed by atoms with Crippen molar-refractivity contribution in [3.8, 4) is 0 Å². The minimum Gasteiger partial charge on any atom is -0.364 e. The molecule has 0 fully saturated rings. The van der Waals surface area contributed by atoms with E-state index in [9.17, 15) is 13.6 Å². The molecule has 0 aliphatic carbocycles. The number of nitrogens with zero attached hydrogens (tertiary/aromatic N) is 1. The third-order valence-electron chi connectivity index (χ3n) is 3.31. The Morgan fingerprint density at radius 2 is 1.95 bits per heavy atom. The number of hydrogen-bond acceptors (Lipinski definition) is 4. The second-order valence-corrected chi connectivity index (χ2v) is 5.74. The Hall–Kier alpha value is -2.41. The molecule has 1 aliphatic heterocycles. The Labute approximate surface area is 129 Å². The lowest BCUT2D eigenvalue weighted by Gasteiger charge is -2.31. The fourth-order valence-corrected chi connectivity index (χ4v) is 3.53. The molecule has 0 radical (unpaired) electrons. The fourth-order valence-electron chi connectivity index (χ4n) is 2.33. The quantitative estimate of drug-likeness (QED) is 0.910. The molecule has 3 rings (SSSR count). The van der Waals surface area contributed by atoms with E-state index in [4.69, 9.17) is 5.73 Å². The molecule has 1 unspecified atom stereocenters. The zero-order valence-corrected chi connectivity index (χ0v) is 12.0. The third-order valence-corrected chi connectivity index (χ3v) is 4.56. The topological polar surface area (TPSA) is 68.0 Å². The van der Waals surface area contributed by atoms with Crippen LogP contribution in [0.3, 0.4) is 0 Å². The van der Waals surface area contributed by atoms with Gasteiger partial charge < -0.3 is 11.1 Å². The summed E-state index contributed by atoms with van der Waals surface area (Å²) in [5, 5.41) is 4.31. The average Bonchev–Trinajstić information content (AvgIpc) is 2.94. The van der Waals surface area contributed by atoms with Crippen molar-refractivity contribution in [1.29, 1.82) is 0 Å². The average molecular weight is 319 g/mol. The van der Waals surface area contributed by atoms with Crippen molar-refractivity contribution < 1.29 is 13.6 Å². The standard InChI is InChI=1S/C15H11F2N3OS/c16-10-4-1-5-11(17)13(10)15(9-3-2-6-19-7-9)20-12(8-22-15)14(18)21/h1-8,20H,(H2,18,21). The number of halogens is 2. The molecule has 2 aromatic rings. The zero-order chi connectivity index (χ0) is 15.7. The van der Waals surface area contributed by atoms with Gasteiger partial charge in [0, 0.05) is 23.4 Å². The van der Waals surface area contributed by atoms with E-state index in [0.29, 0.717) is 5.56 Å². The molecule has 112 valence electrons. The van der Waals surface area contributed by atoms with Crippen LogP contribution in [0.4, 0.5) is 8.78 Å². The van der Waals surface area contributed by atoms with Gasteiger partial charge in [-0.3, -0.25) is 9.78 Å². The van der Waals surface area contributed by atoms with Crippen molar-refractivity contribution in [3.05, 3.63) is 76.6 Å². The van der Waals surface area contributed by atoms with Gasteiger partial charge in [-0.2, -0.15) is 0 Å². The van der Waals surface area contributed by atoms with Crippen molar-refractivity contribution in [1.82, 2.24) is 10.3 Å². The molecule has 1 aliphatic rings. The molecule has 3 N–H and O–H groups in total. The van der Waals surface area contributed by atoms with Crippen molar-refractivity contribution in [2.24, 2.45) is 5.73 Å². The highest BCUT2D eigenvalue weighted by Crippen LogP contribution is 2.47. The number of thioether (sulfide) groups is 1. The summed E-state index contributed by atoms with van der Waals surface area (Å²) in [5.74, 6) is -2.14. The predicted octanol–water partition coefficient (Wildman–Crippen LogP) is 2.22. The number of nitrogens with two attached hydrogens (primary N) is 1. The molecule has 0 saturated carbocycles. The number of primary amides is 1. The Morgan fingerprint density at radius 3 is 2.50 bits per heavy atom. The van der Waals surface area contributed by atoms with Gasteiger partial charge in [0.2, 0.25) is 0 Å². The highest BCUT2D eigenvalue weighted by atomic mass is 32.2. The molecule has 1 aromatic carbocycles. The number of aromatic nitrogens is 1. The summed E-state index contributed by atoms with van der Waals surface area (Å²) in [6.45, 7) is 0. The molecule has 4 nitrogen and oxygen atoms in total. The van der Waals surface area contributed by atoms with E-state index in [1.165, 1.54) is 29.8 Å². The van der Waals surface area contributed by atoms with Gasteiger partial charge in [-0.15, -0.1) is 0 Å². The van der Waals surface area contributed by atoms with Crippen LogP contribution in [-0.4, -0.2) is 10.9 Å². The molecule has 1 atom stereocenters. The van der Waals surface area contributed by atoms with E-state index in [0.717, 1.165) is 11.8 Å². The van der Waals surface area contributed by atoms with Gasteiger partial charge in [-0.05, 0) is 18.2 Å². The SMILES string of the molecule is NC(=O)C1=CSC(c2cccnc2)(c2c(F)cccc2F)N1. The van der Waals surface area contributed by atoms with E-state index in [1.54, 1.807) is 18.3 Å². The van der Waals surface area contributed by atoms with Crippen LogP contribution in [0, 0.1) is 11.6 Å². The summed E-state index contributed by atoms with van der Waals surface area (Å²) < 4.78 is 28.6. The van der Waals surface area contributed by atoms with E-state index in [2.05, 4.69) is 10.3 Å². The summed E-state index contributed by atoms with van der Waals surface area (Å²) in [7, 11) is 0. The summed E-state index contributed by atoms with van der Waals surface area (Å²) >= 11 is 1.07. The number of benzene rings is 1. The van der Waals surface area contributed by atoms with E-state index >= 15 is 0 Å². The molecular weight excluding hydrogens is 308 g/mol. The molecule has 1 aromatic heterocycles. The van der Waals surface area contributed by atoms with Crippen molar-refractivity contribution >= 4 is 17.7 Å². The Kier molecular flexibility index (Phi) is 3.58. The van der Waals surface area contributed by atoms with Gasteiger partial charge in [0.05, 0.1) is 5.56 Å². The molecule has 7 heteroatoms. The van der Waals surface area contributed by atoms with Gasteiger partial charge in [-0.25, -0.2) is 8.78 Å². The van der Waals surface area contributed by atoms with Crippen molar-refractivity contribution in [2.75, 3.05) is 0 Å². The van der Waals surface area contributed by atoms with E-state index in [1.807, 2.05) is 0 Å². The molecule has 1 amide bonds. The van der Waals surface area contributed by atoms with Gasteiger partial charge in [0.25, 0.3) is 5.91 Å². The summed E-state index contributed by atoms with van der Waals surface area (Å²) in [6.07, 6.45) is 3.04. The minimum absolute atomic E-state index is 0.0940. The number of carbonyl (C=O) groups is 1. The first-order valence-corrected chi connectivity index (χ1v) is 7.23. The lowest BCUT2D eigenvalue weighted by molar-refractivity contribution is -0.114. The van der Waals surface area contributed by atoms with E-state index in [-0.39, 0.29) is 11.3 Å². The maximum atomic E-state index is 14.3. The van der Waals surface area contributed by atoms with Crippen LogP contribution in [0.25, 0.3) is 0 Å². The zero-order valence-electron chi connectivity index (χ0n) is 11.2. The minimum atomic E-state index is -1.33. The predicted molar refractivity (Wildman–Crippen MR) is 79.4 cm³/mol. The first-order chi connectivity index (χ1) is 10.5. The number of rotatable bonds is 3. The second-order valence-electron chi connectivity index (χ2n) is 4.66. The molecular formula is C15H11F2N3OS. The van der Waals surface area contributed by atoms with Crippen LogP contribution in [-0.2, 0) is 9.67 Å².